The second-order valence-corrected chi connectivity index (χ2v) is 6.30. The lowest BCUT2D eigenvalue weighted by atomic mass is 10.1. The van der Waals surface area contributed by atoms with E-state index in [2.05, 4.69) is 10.5 Å². The van der Waals surface area contributed by atoms with Gasteiger partial charge in [-0.25, -0.2) is 5.43 Å². The van der Waals surface area contributed by atoms with Crippen LogP contribution in [-0.2, 0) is 4.79 Å². The predicted molar refractivity (Wildman–Crippen MR) is 105 cm³/mol. The van der Waals surface area contributed by atoms with Gasteiger partial charge in [0.05, 0.1) is 11.1 Å². The molecular weight excluding hydrogens is 348 g/mol. The fourth-order valence-electron chi connectivity index (χ4n) is 2.52. The molecule has 1 N–H and O–H groups in total. The highest BCUT2D eigenvalue weighted by Gasteiger charge is 2.15. The lowest BCUT2D eigenvalue weighted by molar-refractivity contribution is -0.384. The van der Waals surface area contributed by atoms with Crippen LogP contribution in [0, 0.1) is 24.0 Å². The Hall–Kier alpha value is -3.42. The molecule has 27 heavy (non-hydrogen) atoms. The fraction of sp³-hybridized carbons (Fsp3) is 0.263. The van der Waals surface area contributed by atoms with Crippen LogP contribution in [0.2, 0.25) is 0 Å². The number of nitrogens with zero attached hydrogens (tertiary/aromatic N) is 3. The first kappa shape index (κ1) is 19.9. The fourth-order valence-corrected chi connectivity index (χ4v) is 2.52. The summed E-state index contributed by atoms with van der Waals surface area (Å²) in [5.41, 5.74) is 5.39. The van der Waals surface area contributed by atoms with E-state index in [1.54, 1.807) is 31.1 Å². The number of aryl methyl sites for hydroxylation is 2. The van der Waals surface area contributed by atoms with Crippen molar-refractivity contribution in [3.63, 3.8) is 0 Å². The van der Waals surface area contributed by atoms with E-state index in [-0.39, 0.29) is 12.3 Å². The molecule has 142 valence electrons. The van der Waals surface area contributed by atoms with Crippen molar-refractivity contribution in [2.75, 3.05) is 25.6 Å². The van der Waals surface area contributed by atoms with Crippen molar-refractivity contribution < 1.29 is 14.5 Å². The van der Waals surface area contributed by atoms with E-state index < -0.39 is 10.8 Å². The van der Waals surface area contributed by atoms with Gasteiger partial charge in [-0.15, -0.1) is 0 Å². The Kier molecular flexibility index (Phi) is 6.48. The minimum atomic E-state index is -0.455. The van der Waals surface area contributed by atoms with Crippen molar-refractivity contribution in [1.82, 2.24) is 5.43 Å². The standard InChI is InChI=1S/C19H22N4O4/c1-13-7-14(2)9-16(8-13)27-12-19(24)21-20-11-15-5-6-17(22(3)4)18(10-15)23(25)26/h5-11H,12H2,1-4H3,(H,21,24)/b20-11-. The van der Waals surface area contributed by atoms with Crippen molar-refractivity contribution in [2.45, 2.75) is 13.8 Å². The van der Waals surface area contributed by atoms with Gasteiger partial charge in [0.15, 0.2) is 6.61 Å². The number of anilines is 1. The molecule has 0 unspecified atom stereocenters. The molecule has 8 heteroatoms. The second-order valence-electron chi connectivity index (χ2n) is 6.30. The van der Waals surface area contributed by atoms with Gasteiger partial charge in [-0.2, -0.15) is 5.10 Å². The van der Waals surface area contributed by atoms with Crippen molar-refractivity contribution in [1.29, 1.82) is 0 Å². The van der Waals surface area contributed by atoms with Crippen LogP contribution in [-0.4, -0.2) is 37.7 Å². The summed E-state index contributed by atoms with van der Waals surface area (Å²) in [6.45, 7) is 3.72. The van der Waals surface area contributed by atoms with Gasteiger partial charge in [0.25, 0.3) is 11.6 Å². The maximum absolute atomic E-state index is 11.8. The molecule has 2 aromatic rings. The minimum Gasteiger partial charge on any atom is -0.484 e. The number of amides is 1. The molecule has 0 atom stereocenters. The summed E-state index contributed by atoms with van der Waals surface area (Å²) < 4.78 is 5.44. The molecule has 0 radical (unpaired) electrons. The Bertz CT molecular complexity index is 858. The number of carbonyl (C=O) groups excluding carboxylic acids is 1. The number of hydrogen-bond acceptors (Lipinski definition) is 6. The maximum Gasteiger partial charge on any atom is 0.293 e. The molecule has 2 rings (SSSR count). The van der Waals surface area contributed by atoms with Gasteiger partial charge < -0.3 is 9.64 Å². The lowest BCUT2D eigenvalue weighted by Crippen LogP contribution is -2.24. The number of carbonyl (C=O) groups is 1. The van der Waals surface area contributed by atoms with Crippen molar-refractivity contribution in [3.8, 4) is 5.75 Å². The Morgan fingerprint density at radius 2 is 1.89 bits per heavy atom. The number of rotatable bonds is 7. The molecule has 0 aliphatic carbocycles. The number of hydrogen-bond donors (Lipinski definition) is 1. The van der Waals surface area contributed by atoms with Crippen LogP contribution < -0.4 is 15.1 Å². The molecule has 0 fully saturated rings. The SMILES string of the molecule is Cc1cc(C)cc(OCC(=O)N/N=C\c2ccc(N(C)C)c([N+](=O)[O-])c2)c1. The van der Waals surface area contributed by atoms with E-state index in [1.165, 1.54) is 12.3 Å². The predicted octanol–water partition coefficient (Wildman–Crippen LogP) is 2.81. The first-order chi connectivity index (χ1) is 12.8. The number of hydrazone groups is 1. The van der Waals surface area contributed by atoms with Crippen molar-refractivity contribution in [2.24, 2.45) is 5.10 Å². The van der Waals surface area contributed by atoms with Gasteiger partial charge in [0.1, 0.15) is 11.4 Å². The average Bonchev–Trinajstić information content (AvgIpc) is 2.59. The van der Waals surface area contributed by atoms with Crippen LogP contribution in [0.3, 0.4) is 0 Å². The monoisotopic (exact) mass is 370 g/mol. The summed E-state index contributed by atoms with van der Waals surface area (Å²) in [6, 6.07) is 10.4. The van der Waals surface area contributed by atoms with Gasteiger partial charge in [0, 0.05) is 25.7 Å². The Labute approximate surface area is 157 Å². The zero-order chi connectivity index (χ0) is 20.0. The third kappa shape index (κ3) is 5.81. The molecular formula is C19H22N4O4. The van der Waals surface area contributed by atoms with Gasteiger partial charge in [-0.1, -0.05) is 12.1 Å². The molecule has 0 aliphatic heterocycles. The summed E-state index contributed by atoms with van der Waals surface area (Å²) in [6.07, 6.45) is 1.35. The Morgan fingerprint density at radius 3 is 2.48 bits per heavy atom. The molecule has 8 nitrogen and oxygen atoms in total. The zero-order valence-corrected chi connectivity index (χ0v) is 15.7. The van der Waals surface area contributed by atoms with E-state index in [0.29, 0.717) is 17.0 Å². The number of nitrogens with one attached hydrogen (secondary N) is 1. The topological polar surface area (TPSA) is 97.1 Å². The van der Waals surface area contributed by atoms with Gasteiger partial charge in [-0.3, -0.25) is 14.9 Å². The molecule has 0 aromatic heterocycles. The summed E-state index contributed by atoms with van der Waals surface area (Å²) in [5.74, 6) is 0.186. The van der Waals surface area contributed by atoms with Crippen LogP contribution in [0.25, 0.3) is 0 Å². The average molecular weight is 370 g/mol. The highest BCUT2D eigenvalue weighted by molar-refractivity contribution is 5.85. The van der Waals surface area contributed by atoms with Gasteiger partial charge >= 0.3 is 0 Å². The van der Waals surface area contributed by atoms with Crippen LogP contribution in [0.5, 0.6) is 5.75 Å². The van der Waals surface area contributed by atoms with Crippen molar-refractivity contribution >= 4 is 23.5 Å². The highest BCUT2D eigenvalue weighted by atomic mass is 16.6. The second kappa shape index (κ2) is 8.79. The molecule has 0 spiro atoms. The minimum absolute atomic E-state index is 0.0339. The molecule has 2 aromatic carbocycles. The Balaban J connectivity index is 1.95. The largest absolute Gasteiger partial charge is 0.484 e. The van der Waals surface area contributed by atoms with Crippen molar-refractivity contribution in [3.05, 3.63) is 63.2 Å². The number of nitro benzene ring substituents is 1. The van der Waals surface area contributed by atoms with Crippen LogP contribution in [0.4, 0.5) is 11.4 Å². The zero-order valence-electron chi connectivity index (χ0n) is 15.7. The van der Waals surface area contributed by atoms with Crippen LogP contribution in [0.15, 0.2) is 41.5 Å². The molecule has 0 aliphatic rings. The first-order valence-electron chi connectivity index (χ1n) is 8.25. The first-order valence-corrected chi connectivity index (χ1v) is 8.25. The maximum atomic E-state index is 11.8. The van der Waals surface area contributed by atoms with Crippen LogP contribution >= 0.6 is 0 Å². The van der Waals surface area contributed by atoms with Gasteiger partial charge in [-0.05, 0) is 43.2 Å². The smallest absolute Gasteiger partial charge is 0.293 e. The summed E-state index contributed by atoms with van der Waals surface area (Å²) in [7, 11) is 3.46. The van der Waals surface area contributed by atoms with Crippen LogP contribution in [0.1, 0.15) is 16.7 Å². The summed E-state index contributed by atoms with van der Waals surface area (Å²) in [5, 5.41) is 15.0. The molecule has 0 bridgehead atoms. The molecule has 0 saturated carbocycles. The summed E-state index contributed by atoms with van der Waals surface area (Å²) >= 11 is 0. The molecule has 1 amide bonds. The van der Waals surface area contributed by atoms with E-state index in [4.69, 9.17) is 4.74 Å². The van der Waals surface area contributed by atoms with E-state index >= 15 is 0 Å². The Morgan fingerprint density at radius 1 is 1.22 bits per heavy atom. The van der Waals surface area contributed by atoms with E-state index in [1.807, 2.05) is 32.0 Å². The molecule has 0 saturated heterocycles. The van der Waals surface area contributed by atoms with E-state index in [9.17, 15) is 14.9 Å². The lowest BCUT2D eigenvalue weighted by Gasteiger charge is -2.12. The highest BCUT2D eigenvalue weighted by Crippen LogP contribution is 2.27. The third-order valence-corrected chi connectivity index (χ3v) is 3.65. The van der Waals surface area contributed by atoms with E-state index in [0.717, 1.165) is 11.1 Å². The molecule has 0 heterocycles. The summed E-state index contributed by atoms with van der Waals surface area (Å²) in [4.78, 5) is 24.2. The number of benzene rings is 2. The number of ether oxygens (including phenoxy) is 1. The third-order valence-electron chi connectivity index (χ3n) is 3.65. The van der Waals surface area contributed by atoms with Gasteiger partial charge in [0.2, 0.25) is 0 Å². The number of nitro groups is 1. The quantitative estimate of drug-likeness (QED) is 0.459. The normalized spacial score (nSPS) is 10.7.